The van der Waals surface area contributed by atoms with E-state index in [4.69, 9.17) is 23.2 Å². The molecule has 0 fully saturated rings. The molecular weight excluding hydrogens is 477 g/mol. The topological polar surface area (TPSA) is 72.2 Å². The lowest BCUT2D eigenvalue weighted by Crippen LogP contribution is -2.21. The molecule has 1 amide bonds. The monoisotopic (exact) mass is 495 g/mol. The van der Waals surface area contributed by atoms with Crippen molar-refractivity contribution in [3.05, 3.63) is 94.5 Å². The van der Waals surface area contributed by atoms with Crippen molar-refractivity contribution < 1.29 is 4.79 Å². The summed E-state index contributed by atoms with van der Waals surface area (Å²) in [6.07, 6.45) is 0. The number of halogens is 2. The molecule has 0 saturated heterocycles. The van der Waals surface area contributed by atoms with Crippen molar-refractivity contribution >= 4 is 46.6 Å². The van der Waals surface area contributed by atoms with Crippen LogP contribution in [0.1, 0.15) is 12.5 Å². The molecule has 0 saturated carbocycles. The van der Waals surface area contributed by atoms with Crippen molar-refractivity contribution in [3.63, 3.8) is 0 Å². The van der Waals surface area contributed by atoms with Gasteiger partial charge in [0.05, 0.1) is 21.5 Å². The van der Waals surface area contributed by atoms with E-state index in [1.807, 2.05) is 65.2 Å². The van der Waals surface area contributed by atoms with E-state index in [2.05, 4.69) is 20.7 Å². The largest absolute Gasteiger partial charge is 0.272 e. The van der Waals surface area contributed by atoms with Gasteiger partial charge in [0.2, 0.25) is 0 Å². The molecule has 166 valence electrons. The molecule has 0 radical (unpaired) electrons. The van der Waals surface area contributed by atoms with Gasteiger partial charge in [0.15, 0.2) is 11.0 Å². The zero-order chi connectivity index (χ0) is 23.2. The minimum Gasteiger partial charge on any atom is -0.272 e. The van der Waals surface area contributed by atoms with Crippen LogP contribution in [-0.2, 0) is 4.79 Å². The number of nitrogens with zero attached hydrogens (tertiary/aromatic N) is 4. The maximum absolute atomic E-state index is 12.5. The molecule has 0 bridgehead atoms. The van der Waals surface area contributed by atoms with Crippen LogP contribution in [0.2, 0.25) is 10.0 Å². The Balaban J connectivity index is 1.49. The highest BCUT2D eigenvalue weighted by molar-refractivity contribution is 7.99. The van der Waals surface area contributed by atoms with E-state index in [1.54, 1.807) is 25.1 Å². The molecule has 9 heteroatoms. The number of carbonyl (C=O) groups excluding carboxylic acids is 1. The molecule has 3 aromatic carbocycles. The molecule has 0 unspecified atom stereocenters. The Labute approximate surface area is 205 Å². The number of hydrazone groups is 1. The van der Waals surface area contributed by atoms with Gasteiger partial charge in [-0.1, -0.05) is 89.6 Å². The first-order valence-corrected chi connectivity index (χ1v) is 11.7. The van der Waals surface area contributed by atoms with E-state index < -0.39 is 0 Å². The van der Waals surface area contributed by atoms with Crippen LogP contribution in [-0.4, -0.2) is 32.1 Å². The summed E-state index contributed by atoms with van der Waals surface area (Å²) < 4.78 is 1.94. The highest BCUT2D eigenvalue weighted by Crippen LogP contribution is 2.28. The minimum atomic E-state index is -0.261. The minimum absolute atomic E-state index is 0.123. The fourth-order valence-electron chi connectivity index (χ4n) is 3.04. The quantitative estimate of drug-likeness (QED) is 0.197. The highest BCUT2D eigenvalue weighted by atomic mass is 35.5. The molecule has 0 aliphatic rings. The lowest BCUT2D eigenvalue weighted by atomic mass is 10.1. The van der Waals surface area contributed by atoms with Crippen LogP contribution < -0.4 is 5.43 Å². The van der Waals surface area contributed by atoms with E-state index in [-0.39, 0.29) is 11.7 Å². The average Bonchev–Trinajstić information content (AvgIpc) is 3.28. The Kier molecular flexibility index (Phi) is 7.44. The lowest BCUT2D eigenvalue weighted by Gasteiger charge is -2.10. The Morgan fingerprint density at radius 3 is 2.36 bits per heavy atom. The summed E-state index contributed by atoms with van der Waals surface area (Å²) in [6.45, 7) is 1.78. The zero-order valence-corrected chi connectivity index (χ0v) is 19.9. The first-order valence-electron chi connectivity index (χ1n) is 10.0. The number of hydrogen-bond donors (Lipinski definition) is 1. The van der Waals surface area contributed by atoms with Crippen LogP contribution in [0.5, 0.6) is 0 Å². The summed E-state index contributed by atoms with van der Waals surface area (Å²) in [6, 6.07) is 24.8. The second kappa shape index (κ2) is 10.7. The second-order valence-electron chi connectivity index (χ2n) is 6.99. The van der Waals surface area contributed by atoms with Gasteiger partial charge < -0.3 is 0 Å². The Hall–Kier alpha value is -3.13. The zero-order valence-electron chi connectivity index (χ0n) is 17.6. The van der Waals surface area contributed by atoms with Gasteiger partial charge in [-0.15, -0.1) is 10.2 Å². The summed E-state index contributed by atoms with van der Waals surface area (Å²) in [4.78, 5) is 12.5. The molecule has 33 heavy (non-hydrogen) atoms. The highest BCUT2D eigenvalue weighted by Gasteiger charge is 2.17. The van der Waals surface area contributed by atoms with Gasteiger partial charge >= 0.3 is 0 Å². The molecule has 0 spiro atoms. The molecule has 4 aromatic rings. The predicted octanol–water partition coefficient (Wildman–Crippen LogP) is 5.87. The molecule has 0 atom stereocenters. The molecule has 6 nitrogen and oxygen atoms in total. The molecule has 4 rings (SSSR count). The van der Waals surface area contributed by atoms with Gasteiger partial charge in [-0.3, -0.25) is 9.36 Å². The normalized spacial score (nSPS) is 11.4. The number of carbonyl (C=O) groups is 1. The smallest absolute Gasteiger partial charge is 0.250 e. The van der Waals surface area contributed by atoms with Gasteiger partial charge in [0, 0.05) is 11.3 Å². The van der Waals surface area contributed by atoms with Crippen molar-refractivity contribution in [1.82, 2.24) is 20.2 Å². The van der Waals surface area contributed by atoms with Crippen molar-refractivity contribution in [2.75, 3.05) is 5.75 Å². The molecule has 1 heterocycles. The van der Waals surface area contributed by atoms with Crippen LogP contribution in [0, 0.1) is 0 Å². The van der Waals surface area contributed by atoms with Gasteiger partial charge in [-0.2, -0.15) is 5.10 Å². The molecule has 0 aliphatic carbocycles. The van der Waals surface area contributed by atoms with Crippen LogP contribution in [0.4, 0.5) is 0 Å². The standard InChI is InChI=1S/C24H19Cl2N5OS/c1-16(18-12-13-20(25)21(26)14-18)27-28-22(32)15-33-24-30-29-23(17-8-4-2-5-9-17)31(24)19-10-6-3-7-11-19/h2-14H,15H2,1H3,(H,28,32)/b27-16-. The van der Waals surface area contributed by atoms with E-state index in [1.165, 1.54) is 11.8 Å². The maximum Gasteiger partial charge on any atom is 0.250 e. The maximum atomic E-state index is 12.5. The number of hydrogen-bond acceptors (Lipinski definition) is 5. The number of aromatic nitrogens is 3. The summed E-state index contributed by atoms with van der Waals surface area (Å²) in [5.74, 6) is 0.569. The van der Waals surface area contributed by atoms with Crippen LogP contribution in [0.15, 0.2) is 89.1 Å². The fraction of sp³-hybridized carbons (Fsp3) is 0.0833. The van der Waals surface area contributed by atoms with Crippen molar-refractivity contribution in [3.8, 4) is 17.1 Å². The predicted molar refractivity (Wildman–Crippen MR) is 134 cm³/mol. The Morgan fingerprint density at radius 2 is 1.67 bits per heavy atom. The van der Waals surface area contributed by atoms with Crippen molar-refractivity contribution in [2.45, 2.75) is 12.1 Å². The third-order valence-corrected chi connectivity index (χ3v) is 6.37. The molecule has 0 aliphatic heterocycles. The first kappa shape index (κ1) is 23.0. The fourth-order valence-corrected chi connectivity index (χ4v) is 4.08. The third-order valence-electron chi connectivity index (χ3n) is 4.70. The number of thioether (sulfide) groups is 1. The van der Waals surface area contributed by atoms with Gasteiger partial charge in [-0.25, -0.2) is 5.43 Å². The Bertz CT molecular complexity index is 1290. The van der Waals surface area contributed by atoms with Gasteiger partial charge in [0.25, 0.3) is 5.91 Å². The number of rotatable bonds is 7. The summed E-state index contributed by atoms with van der Waals surface area (Å²) in [5, 5.41) is 14.4. The van der Waals surface area contributed by atoms with Gasteiger partial charge in [0.1, 0.15) is 0 Å². The number of para-hydroxylation sites is 1. The van der Waals surface area contributed by atoms with Crippen LogP contribution >= 0.6 is 35.0 Å². The van der Waals surface area contributed by atoms with Crippen LogP contribution in [0.3, 0.4) is 0 Å². The summed E-state index contributed by atoms with van der Waals surface area (Å²) in [5.41, 5.74) is 5.82. The third kappa shape index (κ3) is 5.63. The SMILES string of the molecule is C/C(=N/NC(=O)CSc1nnc(-c2ccccc2)n1-c1ccccc1)c1ccc(Cl)c(Cl)c1. The first-order chi connectivity index (χ1) is 16.0. The van der Waals surface area contributed by atoms with E-state index >= 15 is 0 Å². The van der Waals surface area contributed by atoms with Crippen molar-refractivity contribution in [2.24, 2.45) is 5.10 Å². The van der Waals surface area contributed by atoms with E-state index in [0.717, 1.165) is 16.8 Å². The number of benzene rings is 3. The van der Waals surface area contributed by atoms with E-state index in [9.17, 15) is 4.79 Å². The molecule has 1 aromatic heterocycles. The molecular formula is C24H19Cl2N5OS. The Morgan fingerprint density at radius 1 is 0.970 bits per heavy atom. The molecule has 1 N–H and O–H groups in total. The average molecular weight is 496 g/mol. The van der Waals surface area contributed by atoms with E-state index in [0.29, 0.717) is 26.7 Å². The number of nitrogens with one attached hydrogen (secondary N) is 1. The number of amides is 1. The van der Waals surface area contributed by atoms with Crippen molar-refractivity contribution in [1.29, 1.82) is 0 Å². The summed E-state index contributed by atoms with van der Waals surface area (Å²) >= 11 is 13.3. The van der Waals surface area contributed by atoms with Gasteiger partial charge in [-0.05, 0) is 36.8 Å². The summed E-state index contributed by atoms with van der Waals surface area (Å²) in [7, 11) is 0. The van der Waals surface area contributed by atoms with Crippen LogP contribution in [0.25, 0.3) is 17.1 Å². The second-order valence-corrected chi connectivity index (χ2v) is 8.75. The lowest BCUT2D eigenvalue weighted by molar-refractivity contribution is -0.118.